The molecule has 4 heteroatoms. The van der Waals surface area contributed by atoms with E-state index < -0.39 is 17.4 Å². The van der Waals surface area contributed by atoms with Crippen LogP contribution in [0.25, 0.3) is 54.2 Å². The molecule has 0 saturated carbocycles. The molecule has 0 fully saturated rings. The molecule has 53 heavy (non-hydrogen) atoms. The molecule has 8 aromatic rings. The van der Waals surface area contributed by atoms with Crippen LogP contribution in [-0.2, 0) is 15.0 Å². The first kappa shape index (κ1) is 32.1. The highest BCUT2D eigenvalue weighted by atomic mass is 16.5. The van der Waals surface area contributed by atoms with Crippen molar-refractivity contribution in [3.63, 3.8) is 0 Å². The number of rotatable bonds is 6. The molecule has 0 bridgehead atoms. The van der Waals surface area contributed by atoms with E-state index >= 15 is 0 Å². The molecular weight excluding hydrogens is 653 g/mol. The summed E-state index contributed by atoms with van der Waals surface area (Å²) in [4.78, 5) is 24.7. The molecule has 1 aliphatic carbocycles. The minimum Gasteiger partial charge on any atom is -0.423 e. The molecule has 8 aromatic carbocycles. The highest BCUT2D eigenvalue weighted by Gasteiger charge is 2.48. The largest absolute Gasteiger partial charge is 0.423 e. The third-order valence-corrected chi connectivity index (χ3v) is 10.5. The fourth-order valence-electron chi connectivity index (χ4n) is 8.09. The van der Waals surface area contributed by atoms with Gasteiger partial charge in [-0.15, -0.1) is 0 Å². The molecule has 9 rings (SSSR count). The number of hydrogen-bond acceptors (Lipinski definition) is 4. The summed E-state index contributed by atoms with van der Waals surface area (Å²) in [5.74, 6) is 0.0563. The molecule has 0 aliphatic heterocycles. The standard InChI is InChI=1S/C49H34O4/c1-29(2)47(50)52-39-21-15-33-25-37(19-13-35(33)27-39)49(38-20-14-36-28-40(22-16-34(36)26-38)53-48(51)30(3)4)44-24-18-31-9-5-7-11-41(31)45(44)43-23-17-32-10-6-8-12-42(32)46(43)49/h5-28H,1,3H2,2,4H3. The Morgan fingerprint density at radius 2 is 0.943 bits per heavy atom. The summed E-state index contributed by atoms with van der Waals surface area (Å²) in [5.41, 5.74) is 7.10. The third-order valence-electron chi connectivity index (χ3n) is 10.5. The summed E-state index contributed by atoms with van der Waals surface area (Å²) in [6.45, 7) is 10.7. The Bertz CT molecular complexity index is 2780. The lowest BCUT2D eigenvalue weighted by atomic mass is 9.66. The molecule has 0 radical (unpaired) electrons. The number of carbonyl (C=O) groups is 2. The maximum Gasteiger partial charge on any atom is 0.338 e. The van der Waals surface area contributed by atoms with Crippen LogP contribution in [-0.4, -0.2) is 11.9 Å². The van der Waals surface area contributed by atoms with Crippen molar-refractivity contribution >= 4 is 55.0 Å². The van der Waals surface area contributed by atoms with Crippen LogP contribution in [0.1, 0.15) is 36.1 Å². The van der Waals surface area contributed by atoms with Crippen LogP contribution < -0.4 is 9.47 Å². The zero-order valence-corrected chi connectivity index (χ0v) is 29.4. The van der Waals surface area contributed by atoms with Crippen LogP contribution in [0.15, 0.2) is 170 Å². The first-order valence-electron chi connectivity index (χ1n) is 17.6. The topological polar surface area (TPSA) is 52.6 Å². The highest BCUT2D eigenvalue weighted by Crippen LogP contribution is 2.60. The van der Waals surface area contributed by atoms with Gasteiger partial charge in [0.15, 0.2) is 0 Å². The molecule has 0 atom stereocenters. The molecular formula is C49H34O4. The van der Waals surface area contributed by atoms with Crippen LogP contribution in [0.3, 0.4) is 0 Å². The quantitative estimate of drug-likeness (QED) is 0.0992. The van der Waals surface area contributed by atoms with E-state index in [1.54, 1.807) is 13.8 Å². The van der Waals surface area contributed by atoms with Crippen molar-refractivity contribution in [3.05, 3.63) is 192 Å². The zero-order chi connectivity index (χ0) is 36.4. The monoisotopic (exact) mass is 686 g/mol. The van der Waals surface area contributed by atoms with E-state index in [9.17, 15) is 9.59 Å². The number of esters is 2. The predicted molar refractivity (Wildman–Crippen MR) is 215 cm³/mol. The van der Waals surface area contributed by atoms with Crippen molar-refractivity contribution in [1.29, 1.82) is 0 Å². The van der Waals surface area contributed by atoms with Gasteiger partial charge in [-0.3, -0.25) is 0 Å². The average Bonchev–Trinajstić information content (AvgIpc) is 3.49. The predicted octanol–water partition coefficient (Wildman–Crippen LogP) is 11.6. The number of fused-ring (bicyclic) bond motifs is 9. The maximum atomic E-state index is 12.3. The Balaban J connectivity index is 1.35. The normalized spacial score (nSPS) is 12.8. The second kappa shape index (κ2) is 12.2. The molecule has 0 unspecified atom stereocenters. The first-order chi connectivity index (χ1) is 25.7. The SMILES string of the molecule is C=C(C)C(=O)Oc1ccc2cc(C3(c4ccc5cc(OC(=O)C(=C)C)ccc5c4)c4ccc5ccccc5c4-c4ccc5ccccc5c43)ccc2c1. The van der Waals surface area contributed by atoms with Gasteiger partial charge in [0, 0.05) is 11.1 Å². The average molecular weight is 687 g/mol. The van der Waals surface area contributed by atoms with Crippen LogP contribution in [0.2, 0.25) is 0 Å². The third kappa shape index (κ3) is 5.06. The Kier molecular flexibility index (Phi) is 7.39. The van der Waals surface area contributed by atoms with Crippen LogP contribution in [0, 0.1) is 0 Å². The highest BCUT2D eigenvalue weighted by molar-refractivity contribution is 6.09. The van der Waals surface area contributed by atoms with Gasteiger partial charge in [0.05, 0.1) is 5.41 Å². The van der Waals surface area contributed by atoms with Gasteiger partial charge in [0.2, 0.25) is 0 Å². The number of hydrogen-bond donors (Lipinski definition) is 0. The molecule has 0 amide bonds. The molecule has 0 aromatic heterocycles. The molecule has 0 spiro atoms. The summed E-state index contributed by atoms with van der Waals surface area (Å²) >= 11 is 0. The number of carbonyl (C=O) groups excluding carboxylic acids is 2. The summed E-state index contributed by atoms with van der Waals surface area (Å²) in [7, 11) is 0. The van der Waals surface area contributed by atoms with Gasteiger partial charge < -0.3 is 9.47 Å². The van der Waals surface area contributed by atoms with Gasteiger partial charge in [-0.25, -0.2) is 9.59 Å². The fourth-order valence-corrected chi connectivity index (χ4v) is 8.09. The van der Waals surface area contributed by atoms with Crippen molar-refractivity contribution in [2.24, 2.45) is 0 Å². The van der Waals surface area contributed by atoms with E-state index in [0.717, 1.165) is 32.7 Å². The Morgan fingerprint density at radius 1 is 0.491 bits per heavy atom. The van der Waals surface area contributed by atoms with E-state index in [1.807, 2.05) is 36.4 Å². The second-order valence-electron chi connectivity index (χ2n) is 14.0. The van der Waals surface area contributed by atoms with Crippen molar-refractivity contribution in [2.75, 3.05) is 0 Å². The molecule has 254 valence electrons. The summed E-state index contributed by atoms with van der Waals surface area (Å²) in [6, 6.07) is 51.1. The van der Waals surface area contributed by atoms with Crippen molar-refractivity contribution < 1.29 is 19.1 Å². The lowest BCUT2D eigenvalue weighted by Crippen LogP contribution is -2.29. The van der Waals surface area contributed by atoms with Crippen LogP contribution >= 0.6 is 0 Å². The van der Waals surface area contributed by atoms with Gasteiger partial charge in [-0.05, 0) is 127 Å². The minimum absolute atomic E-state index is 0.347. The Morgan fingerprint density at radius 3 is 1.51 bits per heavy atom. The molecule has 0 N–H and O–H groups in total. The molecule has 4 nitrogen and oxygen atoms in total. The smallest absolute Gasteiger partial charge is 0.338 e. The molecule has 1 aliphatic rings. The van der Waals surface area contributed by atoms with Gasteiger partial charge in [-0.1, -0.05) is 122 Å². The maximum absolute atomic E-state index is 12.3. The van der Waals surface area contributed by atoms with Gasteiger partial charge in [0.1, 0.15) is 11.5 Å². The van der Waals surface area contributed by atoms with E-state index in [1.165, 1.54) is 43.8 Å². The fraction of sp³-hybridized carbons (Fsp3) is 0.0612. The van der Waals surface area contributed by atoms with Gasteiger partial charge >= 0.3 is 11.9 Å². The second-order valence-corrected chi connectivity index (χ2v) is 14.0. The van der Waals surface area contributed by atoms with Crippen LogP contribution in [0.4, 0.5) is 0 Å². The van der Waals surface area contributed by atoms with Crippen LogP contribution in [0.5, 0.6) is 11.5 Å². The Labute approximate surface area is 307 Å². The van der Waals surface area contributed by atoms with Gasteiger partial charge in [-0.2, -0.15) is 0 Å². The van der Waals surface area contributed by atoms with E-state index in [4.69, 9.17) is 9.47 Å². The minimum atomic E-state index is -0.714. The van der Waals surface area contributed by atoms with E-state index in [2.05, 4.69) is 122 Å². The summed E-state index contributed by atoms with van der Waals surface area (Å²) in [6.07, 6.45) is 0. The lowest BCUT2D eigenvalue weighted by molar-refractivity contribution is -0.130. The van der Waals surface area contributed by atoms with E-state index in [0.29, 0.717) is 22.6 Å². The first-order valence-corrected chi connectivity index (χ1v) is 17.6. The zero-order valence-electron chi connectivity index (χ0n) is 29.4. The lowest BCUT2D eigenvalue weighted by Gasteiger charge is -2.35. The summed E-state index contributed by atoms with van der Waals surface area (Å²) < 4.78 is 11.2. The van der Waals surface area contributed by atoms with Crippen molar-refractivity contribution in [2.45, 2.75) is 19.3 Å². The Hall–Kier alpha value is -6.78. The van der Waals surface area contributed by atoms with Gasteiger partial charge in [0.25, 0.3) is 0 Å². The number of ether oxygens (including phenoxy) is 2. The summed E-state index contributed by atoms with van der Waals surface area (Å²) in [5, 5.41) is 8.72. The molecule has 0 heterocycles. The van der Waals surface area contributed by atoms with E-state index in [-0.39, 0.29) is 0 Å². The van der Waals surface area contributed by atoms with Crippen molar-refractivity contribution in [1.82, 2.24) is 0 Å². The van der Waals surface area contributed by atoms with Crippen molar-refractivity contribution in [3.8, 4) is 22.6 Å². The molecule has 0 saturated heterocycles. The number of benzene rings is 8.